The molecule has 2 nitrogen and oxygen atoms in total. The SMILES string of the molecule is C=C(I)C(=O)O. The van der Waals surface area contributed by atoms with E-state index in [9.17, 15) is 4.79 Å². The number of carboxylic acids is 1. The van der Waals surface area contributed by atoms with Gasteiger partial charge in [-0.05, 0) is 22.6 Å². The van der Waals surface area contributed by atoms with Crippen LogP contribution in [0.2, 0.25) is 0 Å². The van der Waals surface area contributed by atoms with Gasteiger partial charge < -0.3 is 5.11 Å². The van der Waals surface area contributed by atoms with Gasteiger partial charge in [-0.1, -0.05) is 6.58 Å². The summed E-state index contributed by atoms with van der Waals surface area (Å²) in [4.78, 5) is 9.59. The number of halogens is 1. The summed E-state index contributed by atoms with van der Waals surface area (Å²) < 4.78 is 0.146. The Morgan fingerprint density at radius 3 is 2.00 bits per heavy atom. The lowest BCUT2D eigenvalue weighted by Crippen LogP contribution is -1.89. The van der Waals surface area contributed by atoms with E-state index in [0.717, 1.165) is 0 Å². The maximum atomic E-state index is 9.59. The topological polar surface area (TPSA) is 37.3 Å². The number of hydrogen-bond acceptors (Lipinski definition) is 1. The van der Waals surface area contributed by atoms with E-state index >= 15 is 0 Å². The van der Waals surface area contributed by atoms with Crippen molar-refractivity contribution in [2.75, 3.05) is 0 Å². The molecule has 0 aromatic heterocycles. The van der Waals surface area contributed by atoms with Crippen molar-refractivity contribution < 1.29 is 9.90 Å². The number of hydrogen-bond donors (Lipinski definition) is 1. The maximum Gasteiger partial charge on any atom is 0.341 e. The average Bonchev–Trinajstić information content (AvgIpc) is 1.36. The lowest BCUT2D eigenvalue weighted by atomic mass is 10.7. The fraction of sp³-hybridized carbons (Fsp3) is 0. The molecule has 0 radical (unpaired) electrons. The van der Waals surface area contributed by atoms with Gasteiger partial charge in [-0.2, -0.15) is 0 Å². The quantitative estimate of drug-likeness (QED) is 0.504. The lowest BCUT2D eigenvalue weighted by molar-refractivity contribution is -0.131. The highest BCUT2D eigenvalue weighted by atomic mass is 127. The van der Waals surface area contributed by atoms with Crippen LogP contribution in [0.15, 0.2) is 10.2 Å². The van der Waals surface area contributed by atoms with Gasteiger partial charge in [-0.3, -0.25) is 0 Å². The summed E-state index contributed by atoms with van der Waals surface area (Å²) in [6, 6.07) is 0. The molecule has 0 unspecified atom stereocenters. The first-order valence-electron chi connectivity index (χ1n) is 1.22. The Kier molecular flexibility index (Phi) is 2.15. The molecule has 0 bridgehead atoms. The Balaban J connectivity index is 3.57. The fourth-order valence-electron chi connectivity index (χ4n) is 0. The number of rotatable bonds is 1. The van der Waals surface area contributed by atoms with Crippen molar-refractivity contribution >= 4 is 28.6 Å². The molecule has 0 rings (SSSR count). The molecule has 0 aliphatic heterocycles. The van der Waals surface area contributed by atoms with E-state index in [1.165, 1.54) is 0 Å². The van der Waals surface area contributed by atoms with Gasteiger partial charge in [0, 0.05) is 0 Å². The minimum Gasteiger partial charge on any atom is -0.477 e. The summed E-state index contributed by atoms with van der Waals surface area (Å²) in [6.07, 6.45) is 0. The summed E-state index contributed by atoms with van der Waals surface area (Å²) >= 11 is 1.64. The maximum absolute atomic E-state index is 9.59. The normalized spacial score (nSPS) is 7.50. The van der Waals surface area contributed by atoms with Crippen molar-refractivity contribution in [3.05, 3.63) is 10.2 Å². The molecule has 0 fully saturated rings. The van der Waals surface area contributed by atoms with Crippen LogP contribution in [0, 0.1) is 0 Å². The van der Waals surface area contributed by atoms with Crippen molar-refractivity contribution in [3.8, 4) is 0 Å². The summed E-state index contributed by atoms with van der Waals surface area (Å²) in [5.41, 5.74) is 0. The minimum atomic E-state index is -0.949. The van der Waals surface area contributed by atoms with Crippen molar-refractivity contribution in [1.82, 2.24) is 0 Å². The number of carboxylic acid groups (broad SMARTS) is 1. The molecule has 0 amide bonds. The van der Waals surface area contributed by atoms with E-state index in [4.69, 9.17) is 5.11 Å². The second-order valence-electron chi connectivity index (χ2n) is 0.710. The van der Waals surface area contributed by atoms with E-state index < -0.39 is 5.97 Å². The molecule has 0 spiro atoms. The van der Waals surface area contributed by atoms with Crippen LogP contribution in [-0.2, 0) is 4.79 Å². The molecule has 3 heteroatoms. The third kappa shape index (κ3) is 2.19. The second-order valence-corrected chi connectivity index (χ2v) is 2.01. The summed E-state index contributed by atoms with van der Waals surface area (Å²) in [5, 5.41) is 7.88. The zero-order valence-corrected chi connectivity index (χ0v) is 5.10. The van der Waals surface area contributed by atoms with Gasteiger partial charge >= 0.3 is 5.97 Å². The van der Waals surface area contributed by atoms with Crippen LogP contribution in [-0.4, -0.2) is 11.1 Å². The van der Waals surface area contributed by atoms with Crippen LogP contribution >= 0.6 is 22.6 Å². The highest BCUT2D eigenvalue weighted by Crippen LogP contribution is 1.98. The fourth-order valence-corrected chi connectivity index (χ4v) is 0. The Labute approximate surface area is 49.0 Å². The Hall–Kier alpha value is -0.0600. The molecule has 0 saturated carbocycles. The molecule has 0 aromatic rings. The van der Waals surface area contributed by atoms with Crippen LogP contribution in [0.3, 0.4) is 0 Å². The lowest BCUT2D eigenvalue weighted by Gasteiger charge is -1.77. The van der Waals surface area contributed by atoms with Gasteiger partial charge in [0.2, 0.25) is 0 Å². The molecule has 0 aliphatic carbocycles. The molecular weight excluding hydrogens is 195 g/mol. The van der Waals surface area contributed by atoms with Gasteiger partial charge in [-0.25, -0.2) is 4.79 Å². The van der Waals surface area contributed by atoms with E-state index in [2.05, 4.69) is 6.58 Å². The van der Waals surface area contributed by atoms with Crippen LogP contribution in [0.5, 0.6) is 0 Å². The van der Waals surface area contributed by atoms with Crippen LogP contribution < -0.4 is 0 Å². The predicted molar refractivity (Wildman–Crippen MR) is 30.8 cm³/mol. The summed E-state index contributed by atoms with van der Waals surface area (Å²) in [5.74, 6) is -0.949. The molecule has 0 saturated heterocycles. The van der Waals surface area contributed by atoms with Crippen molar-refractivity contribution in [3.63, 3.8) is 0 Å². The molecule has 6 heavy (non-hydrogen) atoms. The van der Waals surface area contributed by atoms with Crippen molar-refractivity contribution in [2.24, 2.45) is 0 Å². The number of carbonyl (C=O) groups is 1. The predicted octanol–water partition coefficient (Wildman–Crippen LogP) is 1.02. The largest absolute Gasteiger partial charge is 0.477 e. The Morgan fingerprint density at radius 2 is 2.00 bits per heavy atom. The van der Waals surface area contributed by atoms with Gasteiger partial charge in [0.1, 0.15) is 0 Å². The highest BCUT2D eigenvalue weighted by Gasteiger charge is 1.92. The minimum absolute atomic E-state index is 0.146. The smallest absolute Gasteiger partial charge is 0.341 e. The van der Waals surface area contributed by atoms with Crippen molar-refractivity contribution in [2.45, 2.75) is 0 Å². The zero-order valence-electron chi connectivity index (χ0n) is 2.94. The van der Waals surface area contributed by atoms with Gasteiger partial charge in [-0.15, -0.1) is 0 Å². The molecule has 34 valence electrons. The zero-order chi connectivity index (χ0) is 5.15. The molecule has 0 heterocycles. The van der Waals surface area contributed by atoms with E-state index in [1.807, 2.05) is 0 Å². The van der Waals surface area contributed by atoms with Gasteiger partial charge in [0.15, 0.2) is 0 Å². The number of aliphatic carboxylic acids is 1. The second kappa shape index (κ2) is 2.17. The van der Waals surface area contributed by atoms with Crippen LogP contribution in [0.1, 0.15) is 0 Å². The van der Waals surface area contributed by atoms with E-state index in [1.54, 1.807) is 22.6 Å². The Bertz CT molecular complexity index is 74.8. The van der Waals surface area contributed by atoms with Gasteiger partial charge in [0.25, 0.3) is 0 Å². The summed E-state index contributed by atoms with van der Waals surface area (Å²) in [6.45, 7) is 3.14. The third-order valence-electron chi connectivity index (χ3n) is 0.232. The molecule has 0 aliphatic rings. The van der Waals surface area contributed by atoms with Crippen LogP contribution in [0.4, 0.5) is 0 Å². The summed E-state index contributed by atoms with van der Waals surface area (Å²) in [7, 11) is 0. The first-order chi connectivity index (χ1) is 2.64. The first-order valence-corrected chi connectivity index (χ1v) is 2.30. The first kappa shape index (κ1) is 5.94. The monoisotopic (exact) mass is 198 g/mol. The average molecular weight is 198 g/mol. The van der Waals surface area contributed by atoms with E-state index in [-0.39, 0.29) is 3.58 Å². The van der Waals surface area contributed by atoms with Gasteiger partial charge in [0.05, 0.1) is 3.58 Å². The molecule has 1 N–H and O–H groups in total. The van der Waals surface area contributed by atoms with E-state index in [0.29, 0.717) is 0 Å². The highest BCUT2D eigenvalue weighted by molar-refractivity contribution is 14.1. The molecule has 0 aromatic carbocycles. The standard InChI is InChI=1S/C3H3IO2/c1-2(4)3(5)6/h1H2,(H,5,6). The van der Waals surface area contributed by atoms with Crippen molar-refractivity contribution in [1.29, 1.82) is 0 Å². The molecule has 0 atom stereocenters. The van der Waals surface area contributed by atoms with Crippen LogP contribution in [0.25, 0.3) is 0 Å². The molecular formula is C3H3IO2. The third-order valence-corrected chi connectivity index (χ3v) is 0.693. The Morgan fingerprint density at radius 1 is 1.83 bits per heavy atom.